The minimum atomic E-state index is -0.403. The number of phenolic OH excluding ortho intramolecular Hbond substituents is 1. The zero-order valence-corrected chi connectivity index (χ0v) is 12.5. The van der Waals surface area contributed by atoms with E-state index in [9.17, 15) is 9.90 Å². The Labute approximate surface area is 130 Å². The van der Waals surface area contributed by atoms with E-state index in [-0.39, 0.29) is 16.2 Å². The van der Waals surface area contributed by atoms with E-state index in [1.54, 1.807) is 13.0 Å². The zero-order chi connectivity index (χ0) is 15.7. The van der Waals surface area contributed by atoms with Crippen molar-refractivity contribution in [1.29, 1.82) is 0 Å². The van der Waals surface area contributed by atoms with Crippen molar-refractivity contribution in [1.82, 2.24) is 14.9 Å². The van der Waals surface area contributed by atoms with Crippen molar-refractivity contribution in [3.63, 3.8) is 0 Å². The predicted octanol–water partition coefficient (Wildman–Crippen LogP) is 2.35. The molecule has 7 heteroatoms. The molecule has 2 N–H and O–H groups in total. The van der Waals surface area contributed by atoms with Gasteiger partial charge in [-0.05, 0) is 36.0 Å². The number of aromatic amines is 1. The van der Waals surface area contributed by atoms with Gasteiger partial charge in [0.25, 0.3) is 5.56 Å². The van der Waals surface area contributed by atoms with Gasteiger partial charge in [-0.2, -0.15) is 14.9 Å². The van der Waals surface area contributed by atoms with Gasteiger partial charge in [-0.25, -0.2) is 0 Å². The number of fused-ring (bicyclic) bond motifs is 1. The number of hydrogen-bond donors (Lipinski definition) is 2. The van der Waals surface area contributed by atoms with Crippen molar-refractivity contribution in [3.8, 4) is 5.75 Å². The van der Waals surface area contributed by atoms with E-state index in [4.69, 9.17) is 12.2 Å². The number of rotatable bonds is 2. The van der Waals surface area contributed by atoms with Crippen LogP contribution in [-0.4, -0.2) is 26.2 Å². The van der Waals surface area contributed by atoms with Crippen LogP contribution in [0.1, 0.15) is 11.3 Å². The first-order valence-corrected chi connectivity index (χ1v) is 6.92. The maximum atomic E-state index is 12.0. The van der Waals surface area contributed by atoms with Crippen molar-refractivity contribution in [2.24, 2.45) is 5.10 Å². The standard InChI is InChI=1S/C15H12N4O2S/c1-9-14(21)19(15(22)18-17-9)16-8-12-11-5-3-2-4-10(11)6-7-13(12)20/h2-8,20H,1H3,(H,18,22)/b16-8+. The van der Waals surface area contributed by atoms with E-state index < -0.39 is 5.56 Å². The van der Waals surface area contributed by atoms with Crippen molar-refractivity contribution >= 4 is 29.2 Å². The number of nitrogens with one attached hydrogen (secondary N) is 1. The highest BCUT2D eigenvalue weighted by atomic mass is 32.1. The third-order valence-corrected chi connectivity index (χ3v) is 3.53. The molecule has 0 radical (unpaired) electrons. The Morgan fingerprint density at radius 3 is 2.91 bits per heavy atom. The molecule has 0 fully saturated rings. The first-order valence-electron chi connectivity index (χ1n) is 6.51. The lowest BCUT2D eigenvalue weighted by Crippen LogP contribution is -2.22. The molecule has 0 saturated heterocycles. The Kier molecular flexibility index (Phi) is 3.56. The summed E-state index contributed by atoms with van der Waals surface area (Å²) in [4.78, 5) is 12.0. The molecule has 6 nitrogen and oxygen atoms in total. The molecular formula is C15H12N4O2S. The lowest BCUT2D eigenvalue weighted by molar-refractivity contribution is 0.475. The van der Waals surface area contributed by atoms with Crippen LogP contribution in [0.2, 0.25) is 0 Å². The van der Waals surface area contributed by atoms with E-state index in [2.05, 4.69) is 15.3 Å². The van der Waals surface area contributed by atoms with Crippen molar-refractivity contribution in [2.45, 2.75) is 6.92 Å². The third-order valence-electron chi connectivity index (χ3n) is 3.26. The summed E-state index contributed by atoms with van der Waals surface area (Å²) >= 11 is 5.01. The molecule has 3 rings (SSSR count). The summed E-state index contributed by atoms with van der Waals surface area (Å²) < 4.78 is 1.13. The molecule has 110 valence electrons. The fourth-order valence-corrected chi connectivity index (χ4v) is 2.29. The number of aryl methyl sites for hydroxylation is 1. The highest BCUT2D eigenvalue weighted by Gasteiger charge is 2.06. The van der Waals surface area contributed by atoms with Gasteiger partial charge >= 0.3 is 0 Å². The average molecular weight is 312 g/mol. The second-order valence-electron chi connectivity index (χ2n) is 4.70. The molecule has 1 aromatic heterocycles. The van der Waals surface area contributed by atoms with E-state index in [0.29, 0.717) is 5.56 Å². The number of hydrogen-bond acceptors (Lipinski definition) is 5. The second-order valence-corrected chi connectivity index (χ2v) is 5.08. The van der Waals surface area contributed by atoms with Gasteiger partial charge in [-0.15, -0.1) is 0 Å². The number of H-pyrrole nitrogens is 1. The Morgan fingerprint density at radius 2 is 2.09 bits per heavy atom. The minimum Gasteiger partial charge on any atom is -0.507 e. The summed E-state index contributed by atoms with van der Waals surface area (Å²) in [5, 5.41) is 22.3. The Morgan fingerprint density at radius 1 is 1.32 bits per heavy atom. The highest BCUT2D eigenvalue weighted by molar-refractivity contribution is 7.71. The molecule has 0 amide bonds. The van der Waals surface area contributed by atoms with Crippen LogP contribution in [0.5, 0.6) is 5.75 Å². The minimum absolute atomic E-state index is 0.0798. The number of phenols is 1. The lowest BCUT2D eigenvalue weighted by atomic mass is 10.0. The summed E-state index contributed by atoms with van der Waals surface area (Å²) in [6.07, 6.45) is 1.42. The van der Waals surface area contributed by atoms with Crippen molar-refractivity contribution < 1.29 is 5.11 Å². The quantitative estimate of drug-likeness (QED) is 0.562. The monoisotopic (exact) mass is 312 g/mol. The lowest BCUT2D eigenvalue weighted by Gasteiger charge is -2.05. The van der Waals surface area contributed by atoms with Crippen LogP contribution in [0.25, 0.3) is 10.8 Å². The SMILES string of the molecule is Cc1n[nH]c(=S)n(/N=C/c2c(O)ccc3ccccc23)c1=O. The van der Waals surface area contributed by atoms with E-state index >= 15 is 0 Å². The molecule has 0 aliphatic rings. The van der Waals surface area contributed by atoms with E-state index in [1.165, 1.54) is 6.21 Å². The summed E-state index contributed by atoms with van der Waals surface area (Å²) in [6.45, 7) is 1.56. The van der Waals surface area contributed by atoms with Crippen molar-refractivity contribution in [3.05, 3.63) is 62.8 Å². The Hall–Kier alpha value is -2.80. The molecule has 3 aromatic rings. The van der Waals surface area contributed by atoms with Crippen LogP contribution in [0.3, 0.4) is 0 Å². The molecule has 22 heavy (non-hydrogen) atoms. The van der Waals surface area contributed by atoms with Crippen LogP contribution in [0, 0.1) is 11.7 Å². The molecule has 0 saturated carbocycles. The molecule has 0 atom stereocenters. The van der Waals surface area contributed by atoms with Crippen LogP contribution in [0.4, 0.5) is 0 Å². The van der Waals surface area contributed by atoms with Crippen LogP contribution >= 0.6 is 12.2 Å². The van der Waals surface area contributed by atoms with Gasteiger partial charge in [0.1, 0.15) is 11.4 Å². The molecule has 0 aliphatic carbocycles. The first kappa shape index (κ1) is 14.2. The normalized spacial score (nSPS) is 11.3. The molecular weight excluding hydrogens is 300 g/mol. The van der Waals surface area contributed by atoms with Crippen LogP contribution in [-0.2, 0) is 0 Å². The number of aromatic hydroxyl groups is 1. The summed E-state index contributed by atoms with van der Waals surface area (Å²) in [5.74, 6) is 0.0798. The Bertz CT molecular complexity index is 1000. The molecule has 0 aliphatic heterocycles. The Balaban J connectivity index is 2.19. The largest absolute Gasteiger partial charge is 0.507 e. The first-order chi connectivity index (χ1) is 10.6. The molecule has 2 aromatic carbocycles. The van der Waals surface area contributed by atoms with Crippen LogP contribution in [0.15, 0.2) is 46.3 Å². The predicted molar refractivity (Wildman–Crippen MR) is 87.0 cm³/mol. The molecule has 0 unspecified atom stereocenters. The average Bonchev–Trinajstić information content (AvgIpc) is 2.53. The third kappa shape index (κ3) is 2.42. The maximum Gasteiger partial charge on any atom is 0.296 e. The summed E-state index contributed by atoms with van der Waals surface area (Å²) in [5.41, 5.74) is 0.376. The number of aromatic nitrogens is 3. The fraction of sp³-hybridized carbons (Fsp3) is 0.0667. The van der Waals surface area contributed by atoms with Gasteiger partial charge in [-0.3, -0.25) is 9.89 Å². The van der Waals surface area contributed by atoms with E-state index in [0.717, 1.165) is 15.4 Å². The van der Waals surface area contributed by atoms with E-state index in [1.807, 2.05) is 30.3 Å². The van der Waals surface area contributed by atoms with Gasteiger partial charge in [-0.1, -0.05) is 30.3 Å². The van der Waals surface area contributed by atoms with Crippen LogP contribution < -0.4 is 5.56 Å². The fourth-order valence-electron chi connectivity index (χ4n) is 2.11. The number of benzene rings is 2. The van der Waals surface area contributed by atoms with Gasteiger partial charge in [0, 0.05) is 5.56 Å². The second kappa shape index (κ2) is 5.53. The zero-order valence-electron chi connectivity index (χ0n) is 11.6. The van der Waals surface area contributed by atoms with Crippen molar-refractivity contribution in [2.75, 3.05) is 0 Å². The van der Waals surface area contributed by atoms with Gasteiger partial charge in [0.05, 0.1) is 6.21 Å². The molecule has 0 bridgehead atoms. The van der Waals surface area contributed by atoms with Gasteiger partial charge < -0.3 is 5.11 Å². The van der Waals surface area contributed by atoms with Gasteiger partial charge in [0.15, 0.2) is 0 Å². The topological polar surface area (TPSA) is 83.3 Å². The highest BCUT2D eigenvalue weighted by Crippen LogP contribution is 2.25. The number of nitrogens with zero attached hydrogens (tertiary/aromatic N) is 3. The maximum absolute atomic E-state index is 12.0. The molecule has 1 heterocycles. The van der Waals surface area contributed by atoms with Gasteiger partial charge in [0.2, 0.25) is 4.77 Å². The summed E-state index contributed by atoms with van der Waals surface area (Å²) in [6, 6.07) is 11.0. The summed E-state index contributed by atoms with van der Waals surface area (Å²) in [7, 11) is 0. The molecule has 0 spiro atoms. The smallest absolute Gasteiger partial charge is 0.296 e.